The Balaban J connectivity index is 2.75. The van der Waals surface area contributed by atoms with Gasteiger partial charge in [-0.25, -0.2) is 0 Å². The number of nitrogens with one attached hydrogen (secondary N) is 1. The molecule has 0 unspecified atom stereocenters. The zero-order valence-corrected chi connectivity index (χ0v) is 9.22. The number of alkyl halides is 1. The standard InChI is InChI=1S/C7H6Br2N2O/c8-3-7(12)11-6-1-2-10-4-5(6)9/h1-2,4H,3H2,(H,10,11,12). The normalized spacial score (nSPS) is 9.50. The second kappa shape index (κ2) is 4.57. The molecule has 0 saturated carbocycles. The Bertz CT molecular complexity index is 290. The van der Waals surface area contributed by atoms with E-state index in [9.17, 15) is 4.79 Å². The number of pyridine rings is 1. The Morgan fingerprint density at radius 3 is 3.00 bits per heavy atom. The van der Waals surface area contributed by atoms with Gasteiger partial charge in [0.25, 0.3) is 0 Å². The highest BCUT2D eigenvalue weighted by Crippen LogP contribution is 2.19. The summed E-state index contributed by atoms with van der Waals surface area (Å²) in [5.41, 5.74) is 0.731. The van der Waals surface area contributed by atoms with Crippen molar-refractivity contribution >= 4 is 43.5 Å². The molecule has 0 aliphatic rings. The molecule has 1 heterocycles. The number of aromatic nitrogens is 1. The quantitative estimate of drug-likeness (QED) is 0.849. The molecular weight excluding hydrogens is 288 g/mol. The van der Waals surface area contributed by atoms with Crippen LogP contribution < -0.4 is 5.32 Å². The topological polar surface area (TPSA) is 42.0 Å². The van der Waals surface area contributed by atoms with E-state index in [0.717, 1.165) is 10.2 Å². The highest BCUT2D eigenvalue weighted by atomic mass is 79.9. The third-order valence-electron chi connectivity index (χ3n) is 1.17. The molecule has 1 N–H and O–H groups in total. The molecule has 1 amide bonds. The van der Waals surface area contributed by atoms with E-state index in [-0.39, 0.29) is 5.91 Å². The van der Waals surface area contributed by atoms with Gasteiger partial charge in [0.1, 0.15) is 0 Å². The predicted molar refractivity (Wildman–Crippen MR) is 54.4 cm³/mol. The molecule has 0 bridgehead atoms. The van der Waals surface area contributed by atoms with Crippen molar-refractivity contribution in [2.24, 2.45) is 0 Å². The molecule has 0 spiro atoms. The third kappa shape index (κ3) is 2.57. The van der Waals surface area contributed by atoms with Gasteiger partial charge < -0.3 is 5.32 Å². The van der Waals surface area contributed by atoms with Crippen LogP contribution in [0, 0.1) is 0 Å². The lowest BCUT2D eigenvalue weighted by Gasteiger charge is -2.03. The molecule has 1 aromatic heterocycles. The van der Waals surface area contributed by atoms with Gasteiger partial charge in [-0.3, -0.25) is 9.78 Å². The summed E-state index contributed by atoms with van der Waals surface area (Å²) in [5.74, 6) is -0.0816. The molecule has 0 saturated heterocycles. The summed E-state index contributed by atoms with van der Waals surface area (Å²) in [6.45, 7) is 0. The molecule has 1 rings (SSSR count). The first kappa shape index (κ1) is 9.67. The van der Waals surface area contributed by atoms with Crippen LogP contribution in [0.3, 0.4) is 0 Å². The first-order chi connectivity index (χ1) is 5.74. The Kier molecular flexibility index (Phi) is 3.68. The van der Waals surface area contributed by atoms with E-state index < -0.39 is 0 Å². The van der Waals surface area contributed by atoms with Gasteiger partial charge in [0.2, 0.25) is 5.91 Å². The van der Waals surface area contributed by atoms with Gasteiger partial charge in [-0.15, -0.1) is 0 Å². The van der Waals surface area contributed by atoms with E-state index >= 15 is 0 Å². The summed E-state index contributed by atoms with van der Waals surface area (Å²) in [6, 6.07) is 1.73. The monoisotopic (exact) mass is 292 g/mol. The first-order valence-electron chi connectivity index (χ1n) is 3.19. The lowest BCUT2D eigenvalue weighted by atomic mass is 10.4. The minimum atomic E-state index is -0.0816. The minimum Gasteiger partial charge on any atom is -0.324 e. The Morgan fingerprint density at radius 1 is 1.67 bits per heavy atom. The number of nitrogens with zero attached hydrogens (tertiary/aromatic N) is 1. The summed E-state index contributed by atoms with van der Waals surface area (Å²) >= 11 is 6.32. The van der Waals surface area contributed by atoms with Gasteiger partial charge in [-0.1, -0.05) is 15.9 Å². The number of hydrogen-bond donors (Lipinski definition) is 1. The molecule has 0 atom stereocenters. The molecule has 0 fully saturated rings. The Hall–Kier alpha value is -0.420. The summed E-state index contributed by atoms with van der Waals surface area (Å²) in [7, 11) is 0. The largest absolute Gasteiger partial charge is 0.324 e. The summed E-state index contributed by atoms with van der Waals surface area (Å²) in [5, 5.41) is 2.98. The van der Waals surface area contributed by atoms with Gasteiger partial charge in [-0.2, -0.15) is 0 Å². The van der Waals surface area contributed by atoms with Crippen molar-refractivity contribution in [2.45, 2.75) is 0 Å². The van der Waals surface area contributed by atoms with Crippen LogP contribution in [-0.2, 0) is 4.79 Å². The van der Waals surface area contributed by atoms with Gasteiger partial charge in [0, 0.05) is 12.4 Å². The molecule has 0 radical (unpaired) electrons. The number of carbonyl (C=O) groups is 1. The van der Waals surface area contributed by atoms with E-state index in [1.807, 2.05) is 0 Å². The number of carbonyl (C=O) groups excluding carboxylic acids is 1. The van der Waals surface area contributed by atoms with Crippen LogP contribution in [-0.4, -0.2) is 16.2 Å². The third-order valence-corrected chi connectivity index (χ3v) is 2.31. The van der Waals surface area contributed by atoms with E-state index in [1.165, 1.54) is 0 Å². The smallest absolute Gasteiger partial charge is 0.235 e. The summed E-state index contributed by atoms with van der Waals surface area (Å²) in [4.78, 5) is 14.8. The second-order valence-corrected chi connectivity index (χ2v) is 3.45. The Morgan fingerprint density at radius 2 is 2.42 bits per heavy atom. The maximum absolute atomic E-state index is 10.9. The zero-order valence-electron chi connectivity index (χ0n) is 6.05. The number of anilines is 1. The lowest BCUT2D eigenvalue weighted by Crippen LogP contribution is -2.12. The van der Waals surface area contributed by atoms with E-state index in [4.69, 9.17) is 0 Å². The zero-order chi connectivity index (χ0) is 8.97. The van der Waals surface area contributed by atoms with Crippen LogP contribution in [0.5, 0.6) is 0 Å². The highest BCUT2D eigenvalue weighted by Gasteiger charge is 2.02. The fourth-order valence-corrected chi connectivity index (χ4v) is 1.15. The van der Waals surface area contributed by atoms with Crippen molar-refractivity contribution < 1.29 is 4.79 Å². The summed E-state index contributed by atoms with van der Waals surface area (Å²) < 4.78 is 0.777. The molecule has 64 valence electrons. The number of rotatable bonds is 2. The van der Waals surface area contributed by atoms with E-state index in [2.05, 4.69) is 42.2 Å². The average molecular weight is 294 g/mol. The van der Waals surface area contributed by atoms with Crippen molar-refractivity contribution in [3.8, 4) is 0 Å². The fraction of sp³-hybridized carbons (Fsp3) is 0.143. The van der Waals surface area contributed by atoms with Gasteiger partial charge >= 0.3 is 0 Å². The maximum Gasteiger partial charge on any atom is 0.235 e. The van der Waals surface area contributed by atoms with Gasteiger partial charge in [-0.05, 0) is 22.0 Å². The molecule has 5 heteroatoms. The fourth-order valence-electron chi connectivity index (χ4n) is 0.660. The van der Waals surface area contributed by atoms with Gasteiger partial charge in [0.05, 0.1) is 15.5 Å². The van der Waals surface area contributed by atoms with Crippen LogP contribution in [0.2, 0.25) is 0 Å². The maximum atomic E-state index is 10.9. The second-order valence-electron chi connectivity index (χ2n) is 2.04. The van der Waals surface area contributed by atoms with Crippen LogP contribution in [0.1, 0.15) is 0 Å². The molecule has 0 aliphatic carbocycles. The SMILES string of the molecule is O=C(CBr)Nc1ccncc1Br. The van der Waals surface area contributed by atoms with E-state index in [0.29, 0.717) is 5.33 Å². The first-order valence-corrected chi connectivity index (χ1v) is 5.11. The van der Waals surface area contributed by atoms with Crippen molar-refractivity contribution in [3.63, 3.8) is 0 Å². The molecular formula is C7H6Br2N2O. The van der Waals surface area contributed by atoms with Crippen LogP contribution in [0.25, 0.3) is 0 Å². The number of hydrogen-bond acceptors (Lipinski definition) is 2. The average Bonchev–Trinajstić information content (AvgIpc) is 2.09. The van der Waals surface area contributed by atoms with Crippen LogP contribution >= 0.6 is 31.9 Å². The molecule has 1 aromatic rings. The van der Waals surface area contributed by atoms with Gasteiger partial charge in [0.15, 0.2) is 0 Å². The minimum absolute atomic E-state index is 0.0816. The van der Waals surface area contributed by atoms with Crippen LogP contribution in [0.15, 0.2) is 22.9 Å². The number of halogens is 2. The van der Waals surface area contributed by atoms with Crippen LogP contribution in [0.4, 0.5) is 5.69 Å². The molecule has 12 heavy (non-hydrogen) atoms. The molecule has 0 aromatic carbocycles. The lowest BCUT2D eigenvalue weighted by molar-refractivity contribution is -0.113. The number of amides is 1. The Labute approximate surface area is 86.8 Å². The van der Waals surface area contributed by atoms with Crippen molar-refractivity contribution in [1.82, 2.24) is 4.98 Å². The molecule has 0 aliphatic heterocycles. The predicted octanol–water partition coefficient (Wildman–Crippen LogP) is 2.18. The van der Waals surface area contributed by atoms with Crippen molar-refractivity contribution in [3.05, 3.63) is 22.9 Å². The van der Waals surface area contributed by atoms with Crippen molar-refractivity contribution in [1.29, 1.82) is 0 Å². The molecule has 3 nitrogen and oxygen atoms in total. The summed E-state index contributed by atoms with van der Waals surface area (Å²) in [6.07, 6.45) is 3.25. The van der Waals surface area contributed by atoms with E-state index in [1.54, 1.807) is 18.5 Å². The highest BCUT2D eigenvalue weighted by molar-refractivity contribution is 9.10. The van der Waals surface area contributed by atoms with Crippen molar-refractivity contribution in [2.75, 3.05) is 10.6 Å².